The van der Waals surface area contributed by atoms with Crippen LogP contribution in [0.1, 0.15) is 24.2 Å². The molecule has 0 aromatic carbocycles. The van der Waals surface area contributed by atoms with E-state index >= 15 is 0 Å². The van der Waals surface area contributed by atoms with Crippen molar-refractivity contribution in [1.82, 2.24) is 4.98 Å². The van der Waals surface area contributed by atoms with Crippen molar-refractivity contribution in [1.29, 1.82) is 0 Å². The molecule has 0 saturated carbocycles. The lowest BCUT2D eigenvalue weighted by atomic mass is 10.2. The minimum atomic E-state index is -1.30. The summed E-state index contributed by atoms with van der Waals surface area (Å²) in [5, 5.41) is 28.7. The lowest BCUT2D eigenvalue weighted by molar-refractivity contribution is -0.385. The number of nitro groups is 1. The Morgan fingerprint density at radius 1 is 1.58 bits per heavy atom. The van der Waals surface area contributed by atoms with Gasteiger partial charge in [0.25, 0.3) is 5.69 Å². The molecule has 8 nitrogen and oxygen atoms in total. The van der Waals surface area contributed by atoms with Gasteiger partial charge in [-0.3, -0.25) is 10.1 Å². The Balaban J connectivity index is 3.32. The maximum Gasteiger partial charge on any atom is 0.339 e. The number of aromatic carboxylic acids is 1. The van der Waals surface area contributed by atoms with E-state index in [0.717, 1.165) is 12.3 Å². The van der Waals surface area contributed by atoms with Crippen LogP contribution in [0.5, 0.6) is 0 Å². The Hall–Kier alpha value is -2.22. The number of rotatable bonds is 6. The van der Waals surface area contributed by atoms with Crippen LogP contribution in [0.2, 0.25) is 0 Å². The van der Waals surface area contributed by atoms with Gasteiger partial charge in [0.2, 0.25) is 0 Å². The van der Waals surface area contributed by atoms with Gasteiger partial charge in [-0.1, -0.05) is 0 Å². The quantitative estimate of drug-likeness (QED) is 0.581. The van der Waals surface area contributed by atoms with E-state index in [1.165, 1.54) is 0 Å². The number of carboxylic acid groups (broad SMARTS) is 1. The average molecular weight is 269 g/mol. The Bertz CT molecular complexity index is 489. The van der Waals surface area contributed by atoms with Crippen molar-refractivity contribution >= 4 is 17.5 Å². The molecule has 0 spiro atoms. The molecule has 0 saturated heterocycles. The third-order valence-corrected chi connectivity index (χ3v) is 2.53. The Kier molecular flexibility index (Phi) is 4.76. The molecule has 0 radical (unpaired) electrons. The summed E-state index contributed by atoms with van der Waals surface area (Å²) in [6.07, 6.45) is 1.01. The van der Waals surface area contributed by atoms with Crippen molar-refractivity contribution in [2.75, 3.05) is 18.1 Å². The Labute approximate surface area is 109 Å². The second kappa shape index (κ2) is 6.10. The van der Waals surface area contributed by atoms with Gasteiger partial charge >= 0.3 is 5.97 Å². The van der Waals surface area contributed by atoms with Crippen LogP contribution in [0.15, 0.2) is 12.3 Å². The van der Waals surface area contributed by atoms with Gasteiger partial charge < -0.3 is 15.1 Å². The van der Waals surface area contributed by atoms with E-state index in [1.807, 2.05) is 13.8 Å². The first kappa shape index (κ1) is 14.8. The number of aliphatic hydroxyl groups is 1. The largest absolute Gasteiger partial charge is 0.478 e. The van der Waals surface area contributed by atoms with Gasteiger partial charge in [0.15, 0.2) is 0 Å². The van der Waals surface area contributed by atoms with Crippen LogP contribution in [0.4, 0.5) is 11.5 Å². The maximum atomic E-state index is 11.2. The lowest BCUT2D eigenvalue weighted by Crippen LogP contribution is -2.35. The highest BCUT2D eigenvalue weighted by Crippen LogP contribution is 2.24. The molecule has 8 heteroatoms. The average Bonchev–Trinajstić information content (AvgIpc) is 2.34. The van der Waals surface area contributed by atoms with Crippen LogP contribution in [-0.4, -0.2) is 45.3 Å². The fourth-order valence-electron chi connectivity index (χ4n) is 1.65. The van der Waals surface area contributed by atoms with Gasteiger partial charge in [0.1, 0.15) is 17.6 Å². The third-order valence-electron chi connectivity index (χ3n) is 2.53. The molecule has 0 fully saturated rings. The first-order valence-electron chi connectivity index (χ1n) is 5.63. The van der Waals surface area contributed by atoms with Crippen molar-refractivity contribution in [3.63, 3.8) is 0 Å². The predicted octanol–water partition coefficient (Wildman–Crippen LogP) is 0.895. The second-order valence-corrected chi connectivity index (χ2v) is 4.14. The summed E-state index contributed by atoms with van der Waals surface area (Å²) in [7, 11) is 0. The van der Waals surface area contributed by atoms with Gasteiger partial charge in [0, 0.05) is 18.7 Å². The van der Waals surface area contributed by atoms with Crippen LogP contribution in [0.25, 0.3) is 0 Å². The van der Waals surface area contributed by atoms with E-state index in [-0.39, 0.29) is 36.3 Å². The number of carboxylic acids is 1. The predicted molar refractivity (Wildman–Crippen MR) is 67.4 cm³/mol. The fourth-order valence-corrected chi connectivity index (χ4v) is 1.65. The summed E-state index contributed by atoms with van der Waals surface area (Å²) in [5.74, 6) is -1.18. The topological polar surface area (TPSA) is 117 Å². The number of hydrogen-bond donors (Lipinski definition) is 2. The van der Waals surface area contributed by atoms with Gasteiger partial charge in [-0.15, -0.1) is 0 Å². The number of anilines is 1. The second-order valence-electron chi connectivity index (χ2n) is 4.14. The molecule has 19 heavy (non-hydrogen) atoms. The van der Waals surface area contributed by atoms with Crippen LogP contribution >= 0.6 is 0 Å². The normalized spacial score (nSPS) is 10.5. The molecule has 1 rings (SSSR count). The van der Waals surface area contributed by atoms with E-state index < -0.39 is 10.9 Å². The van der Waals surface area contributed by atoms with Crippen LogP contribution < -0.4 is 4.90 Å². The zero-order valence-corrected chi connectivity index (χ0v) is 10.6. The Morgan fingerprint density at radius 3 is 2.63 bits per heavy atom. The highest BCUT2D eigenvalue weighted by Gasteiger charge is 2.22. The molecule has 0 amide bonds. The molecule has 1 aromatic rings. The van der Waals surface area contributed by atoms with Crippen LogP contribution in [0, 0.1) is 10.1 Å². The van der Waals surface area contributed by atoms with Crippen LogP contribution in [0.3, 0.4) is 0 Å². The minimum absolute atomic E-state index is 0.0980. The Morgan fingerprint density at radius 2 is 2.21 bits per heavy atom. The first-order chi connectivity index (χ1) is 8.88. The van der Waals surface area contributed by atoms with Gasteiger partial charge in [-0.05, 0) is 13.8 Å². The third kappa shape index (κ3) is 3.38. The van der Waals surface area contributed by atoms with Crippen molar-refractivity contribution in [2.24, 2.45) is 0 Å². The summed E-state index contributed by atoms with van der Waals surface area (Å²) in [6.45, 7) is 3.65. The van der Waals surface area contributed by atoms with Gasteiger partial charge in [0.05, 0.1) is 11.5 Å². The molecule has 0 aliphatic rings. The number of aromatic nitrogens is 1. The van der Waals surface area contributed by atoms with Crippen LogP contribution in [-0.2, 0) is 0 Å². The molecule has 0 unspecified atom stereocenters. The zero-order valence-electron chi connectivity index (χ0n) is 10.6. The summed E-state index contributed by atoms with van der Waals surface area (Å²) < 4.78 is 0. The van der Waals surface area contributed by atoms with Crippen molar-refractivity contribution in [2.45, 2.75) is 19.9 Å². The van der Waals surface area contributed by atoms with E-state index in [4.69, 9.17) is 10.2 Å². The highest BCUT2D eigenvalue weighted by atomic mass is 16.6. The summed E-state index contributed by atoms with van der Waals surface area (Å²) in [4.78, 5) is 26.5. The summed E-state index contributed by atoms with van der Waals surface area (Å²) in [5.41, 5.74) is -0.634. The molecule has 0 bridgehead atoms. The molecule has 1 heterocycles. The first-order valence-corrected chi connectivity index (χ1v) is 5.63. The van der Waals surface area contributed by atoms with E-state index in [0.29, 0.717) is 0 Å². The van der Waals surface area contributed by atoms with Crippen molar-refractivity contribution in [3.8, 4) is 0 Å². The number of nitrogens with zero attached hydrogens (tertiary/aromatic N) is 3. The minimum Gasteiger partial charge on any atom is -0.478 e. The number of carbonyl (C=O) groups is 1. The van der Waals surface area contributed by atoms with Crippen molar-refractivity contribution < 1.29 is 19.9 Å². The standard InChI is InChI=1S/C11H15N3O5/c1-7(2)13(3-4-15)10-9(11(16)17)5-8(6-12-10)14(18)19/h5-7,15H,3-4H2,1-2H3,(H,16,17). The molecular formula is C11H15N3O5. The zero-order chi connectivity index (χ0) is 14.6. The van der Waals surface area contributed by atoms with E-state index in [2.05, 4.69) is 4.98 Å². The molecule has 1 aromatic heterocycles. The smallest absolute Gasteiger partial charge is 0.339 e. The van der Waals surface area contributed by atoms with Crippen molar-refractivity contribution in [3.05, 3.63) is 27.9 Å². The highest BCUT2D eigenvalue weighted by molar-refractivity contribution is 5.94. The van der Waals surface area contributed by atoms with E-state index in [9.17, 15) is 14.9 Å². The number of pyridine rings is 1. The van der Waals surface area contributed by atoms with Gasteiger partial charge in [-0.2, -0.15) is 0 Å². The SMILES string of the molecule is CC(C)N(CCO)c1ncc([N+](=O)[O-])cc1C(=O)O. The monoisotopic (exact) mass is 269 g/mol. The molecule has 0 aliphatic carbocycles. The summed E-state index contributed by atoms with van der Waals surface area (Å²) >= 11 is 0. The van der Waals surface area contributed by atoms with E-state index in [1.54, 1.807) is 4.90 Å². The van der Waals surface area contributed by atoms with Gasteiger partial charge in [-0.25, -0.2) is 9.78 Å². The molecule has 0 atom stereocenters. The lowest BCUT2D eigenvalue weighted by Gasteiger charge is -2.27. The molecular weight excluding hydrogens is 254 g/mol. The maximum absolute atomic E-state index is 11.2. The number of aliphatic hydroxyl groups excluding tert-OH is 1. The summed E-state index contributed by atoms with van der Waals surface area (Å²) in [6, 6.07) is 0.872. The molecule has 0 aliphatic heterocycles. The fraction of sp³-hybridized carbons (Fsp3) is 0.455. The molecule has 104 valence electrons. The molecule has 2 N–H and O–H groups in total. The number of hydrogen-bond acceptors (Lipinski definition) is 6.